The highest BCUT2D eigenvalue weighted by Gasteiger charge is 2.20. The van der Waals surface area contributed by atoms with Crippen molar-refractivity contribution in [2.24, 2.45) is 0 Å². The maximum absolute atomic E-state index is 12.7. The molecule has 1 saturated heterocycles. The normalized spacial score (nSPS) is 14.3. The Morgan fingerprint density at radius 3 is 2.59 bits per heavy atom. The first-order chi connectivity index (χ1) is 16.2. The molecule has 1 aromatic carbocycles. The topological polar surface area (TPSA) is 116 Å². The van der Waals surface area contributed by atoms with Gasteiger partial charge in [0.25, 0.3) is 5.91 Å². The van der Waals surface area contributed by atoms with Gasteiger partial charge in [0, 0.05) is 43.5 Å². The van der Waals surface area contributed by atoms with Gasteiger partial charge in [0.1, 0.15) is 17.2 Å². The van der Waals surface area contributed by atoms with Crippen LogP contribution in [0.15, 0.2) is 24.5 Å². The molecule has 2 aromatic heterocycles. The molecule has 3 N–H and O–H groups in total. The number of phenols is 1. The van der Waals surface area contributed by atoms with Crippen LogP contribution in [0.2, 0.25) is 0 Å². The van der Waals surface area contributed by atoms with E-state index in [9.17, 15) is 14.7 Å². The van der Waals surface area contributed by atoms with Gasteiger partial charge < -0.3 is 25.5 Å². The highest BCUT2D eigenvalue weighted by Crippen LogP contribution is 2.30. The summed E-state index contributed by atoms with van der Waals surface area (Å²) >= 11 is 1.20. The number of aromatic hydroxyl groups is 1. The summed E-state index contributed by atoms with van der Waals surface area (Å²) in [6, 6.07) is 3.36. The van der Waals surface area contributed by atoms with Crippen molar-refractivity contribution in [3.05, 3.63) is 46.1 Å². The molecule has 0 bridgehead atoms. The van der Waals surface area contributed by atoms with Crippen molar-refractivity contribution in [3.63, 3.8) is 0 Å². The van der Waals surface area contributed by atoms with Crippen molar-refractivity contribution in [2.75, 3.05) is 43.9 Å². The second-order valence-corrected chi connectivity index (χ2v) is 9.58. The molecule has 4 rings (SSSR count). The standard InChI is InChI=1S/C23H29N7O3S/c1-14-5-6-17(31)16(3)20(14)25-22(33)18-11-24-23(34-18)26-21-15(2)12-30(27-21)13-19(32)29-9-7-28(4)8-10-29/h5-6,11-12,31H,7-10,13H2,1-4H3,(H,25,33)(H,24,26,27). The number of benzene rings is 1. The smallest absolute Gasteiger partial charge is 0.267 e. The molecule has 1 fully saturated rings. The number of piperazine rings is 1. The van der Waals surface area contributed by atoms with Crippen LogP contribution in [-0.2, 0) is 11.3 Å². The number of rotatable bonds is 6. The SMILES string of the molecule is Cc1cn(CC(=O)N2CCN(C)CC2)nc1Nc1ncc(C(=O)Nc2c(C)ccc(O)c2C)s1. The van der Waals surface area contributed by atoms with Crippen molar-refractivity contribution < 1.29 is 14.7 Å². The van der Waals surface area contributed by atoms with Crippen molar-refractivity contribution in [2.45, 2.75) is 27.3 Å². The van der Waals surface area contributed by atoms with Crippen molar-refractivity contribution in [1.29, 1.82) is 0 Å². The van der Waals surface area contributed by atoms with Crippen LogP contribution in [0.1, 0.15) is 26.4 Å². The molecule has 0 spiro atoms. The van der Waals surface area contributed by atoms with E-state index in [4.69, 9.17) is 0 Å². The fraction of sp³-hybridized carbons (Fsp3) is 0.391. The average molecular weight is 484 g/mol. The number of nitrogens with one attached hydrogen (secondary N) is 2. The third kappa shape index (κ3) is 5.20. The highest BCUT2D eigenvalue weighted by atomic mass is 32.1. The average Bonchev–Trinajstić information content (AvgIpc) is 3.41. The van der Waals surface area contributed by atoms with E-state index < -0.39 is 0 Å². The maximum Gasteiger partial charge on any atom is 0.267 e. The van der Waals surface area contributed by atoms with Gasteiger partial charge in [0.15, 0.2) is 10.9 Å². The maximum atomic E-state index is 12.7. The molecule has 3 aromatic rings. The number of aromatic nitrogens is 3. The van der Waals surface area contributed by atoms with Gasteiger partial charge >= 0.3 is 0 Å². The molecule has 0 aliphatic carbocycles. The molecule has 1 aliphatic heterocycles. The summed E-state index contributed by atoms with van der Waals surface area (Å²) in [7, 11) is 2.05. The number of anilines is 3. The number of thiazole rings is 1. The molecule has 10 nitrogen and oxygen atoms in total. The molecule has 180 valence electrons. The zero-order valence-electron chi connectivity index (χ0n) is 19.8. The second kappa shape index (κ2) is 9.82. The number of aryl methyl sites for hydroxylation is 2. The number of carbonyl (C=O) groups excluding carboxylic acids is 2. The van der Waals surface area contributed by atoms with Crippen molar-refractivity contribution in [3.8, 4) is 5.75 Å². The Labute approximate surface area is 202 Å². The van der Waals surface area contributed by atoms with E-state index >= 15 is 0 Å². The summed E-state index contributed by atoms with van der Waals surface area (Å²) in [6.07, 6.45) is 3.32. The Bertz CT molecular complexity index is 1210. The third-order valence-electron chi connectivity index (χ3n) is 5.94. The zero-order valence-corrected chi connectivity index (χ0v) is 20.6. The Morgan fingerprint density at radius 1 is 1.12 bits per heavy atom. The van der Waals surface area contributed by atoms with E-state index in [1.807, 2.05) is 24.9 Å². The molecule has 11 heteroatoms. The van der Waals surface area contributed by atoms with Crippen LogP contribution in [0.3, 0.4) is 0 Å². The van der Waals surface area contributed by atoms with E-state index in [2.05, 4.69) is 32.7 Å². The van der Waals surface area contributed by atoms with Crippen LogP contribution in [0.4, 0.5) is 16.6 Å². The molecule has 34 heavy (non-hydrogen) atoms. The quantitative estimate of drug-likeness (QED) is 0.494. The first kappa shape index (κ1) is 23.7. The third-order valence-corrected chi connectivity index (χ3v) is 6.85. The molecule has 1 aliphatic rings. The number of amides is 2. The monoisotopic (exact) mass is 483 g/mol. The van der Waals surface area contributed by atoms with Gasteiger partial charge in [-0.3, -0.25) is 14.3 Å². The predicted molar refractivity (Wildman–Crippen MR) is 132 cm³/mol. The lowest BCUT2D eigenvalue weighted by Gasteiger charge is -2.32. The molecule has 0 radical (unpaired) electrons. The number of nitrogens with zero attached hydrogens (tertiary/aromatic N) is 5. The lowest BCUT2D eigenvalue weighted by Crippen LogP contribution is -2.48. The minimum absolute atomic E-state index is 0.0490. The summed E-state index contributed by atoms with van der Waals surface area (Å²) < 4.78 is 1.63. The minimum atomic E-state index is -0.303. The van der Waals surface area contributed by atoms with Crippen LogP contribution in [0.5, 0.6) is 5.75 Å². The number of hydrogen-bond acceptors (Lipinski definition) is 8. The van der Waals surface area contributed by atoms with Crippen molar-refractivity contribution in [1.82, 2.24) is 24.6 Å². The Balaban J connectivity index is 1.39. The van der Waals surface area contributed by atoms with E-state index in [1.54, 1.807) is 23.7 Å². The van der Waals surface area contributed by atoms with Crippen molar-refractivity contribution >= 4 is 39.8 Å². The summed E-state index contributed by atoms with van der Waals surface area (Å²) in [6.45, 7) is 8.92. The van der Waals surface area contributed by atoms with E-state index in [0.29, 0.717) is 27.1 Å². The fourth-order valence-electron chi connectivity index (χ4n) is 3.76. The predicted octanol–water partition coefficient (Wildman–Crippen LogP) is 2.74. The number of hydrogen-bond donors (Lipinski definition) is 3. The molecule has 0 atom stereocenters. The summed E-state index contributed by atoms with van der Waals surface area (Å²) in [4.78, 5) is 34.1. The molecular formula is C23H29N7O3S. The molecule has 2 amide bonds. The van der Waals surface area contributed by atoms with Crippen LogP contribution in [0, 0.1) is 20.8 Å². The summed E-state index contributed by atoms with van der Waals surface area (Å²) in [5, 5.41) is 21.0. The molecular weight excluding hydrogens is 454 g/mol. The van der Waals surface area contributed by atoms with Gasteiger partial charge in [-0.25, -0.2) is 4.98 Å². The van der Waals surface area contributed by atoms with Gasteiger partial charge in [0.2, 0.25) is 5.91 Å². The van der Waals surface area contributed by atoms with Crippen LogP contribution in [0.25, 0.3) is 0 Å². The van der Waals surface area contributed by atoms with E-state index in [0.717, 1.165) is 37.3 Å². The Kier molecular flexibility index (Phi) is 6.85. The first-order valence-corrected chi connectivity index (χ1v) is 11.9. The lowest BCUT2D eigenvalue weighted by molar-refractivity contribution is -0.133. The largest absolute Gasteiger partial charge is 0.508 e. The summed E-state index contributed by atoms with van der Waals surface area (Å²) in [5.74, 6) is 0.465. The number of likely N-dealkylation sites (N-methyl/N-ethyl adjacent to an activating group) is 1. The van der Waals surface area contributed by atoms with E-state index in [-0.39, 0.29) is 24.1 Å². The number of carbonyl (C=O) groups is 2. The van der Waals surface area contributed by atoms with Crippen LogP contribution < -0.4 is 10.6 Å². The molecule has 0 saturated carbocycles. The zero-order chi connectivity index (χ0) is 24.4. The summed E-state index contributed by atoms with van der Waals surface area (Å²) in [5.41, 5.74) is 2.94. The molecule has 0 unspecified atom stereocenters. The number of phenolic OH excluding ortho intramolecular Hbond substituents is 1. The fourth-order valence-corrected chi connectivity index (χ4v) is 4.47. The minimum Gasteiger partial charge on any atom is -0.508 e. The first-order valence-electron chi connectivity index (χ1n) is 11.0. The second-order valence-electron chi connectivity index (χ2n) is 8.55. The van der Waals surface area contributed by atoms with Gasteiger partial charge in [-0.1, -0.05) is 17.4 Å². The van der Waals surface area contributed by atoms with Gasteiger partial charge in [-0.2, -0.15) is 5.10 Å². The van der Waals surface area contributed by atoms with Crippen LogP contribution >= 0.6 is 11.3 Å². The lowest BCUT2D eigenvalue weighted by atomic mass is 10.1. The Morgan fingerprint density at radius 2 is 1.85 bits per heavy atom. The molecule has 3 heterocycles. The highest BCUT2D eigenvalue weighted by molar-refractivity contribution is 7.17. The van der Waals surface area contributed by atoms with Gasteiger partial charge in [-0.15, -0.1) is 0 Å². The van der Waals surface area contributed by atoms with Gasteiger partial charge in [-0.05, 0) is 39.4 Å². The van der Waals surface area contributed by atoms with E-state index in [1.165, 1.54) is 17.5 Å². The van der Waals surface area contributed by atoms with Gasteiger partial charge in [0.05, 0.1) is 11.9 Å². The van der Waals surface area contributed by atoms with Crippen LogP contribution in [-0.4, -0.2) is 74.7 Å². The Hall–Kier alpha value is -3.44.